The molecule has 0 radical (unpaired) electrons. The molecule has 2 aromatic rings. The van der Waals surface area contributed by atoms with Gasteiger partial charge >= 0.3 is 0 Å². The minimum atomic E-state index is -0.256. The van der Waals surface area contributed by atoms with Crippen LogP contribution in [-0.4, -0.2) is 20.1 Å². The van der Waals surface area contributed by atoms with E-state index in [-0.39, 0.29) is 5.91 Å². The molecule has 0 spiro atoms. The molecule has 0 heterocycles. The van der Waals surface area contributed by atoms with Crippen molar-refractivity contribution in [1.82, 2.24) is 0 Å². The zero-order chi connectivity index (χ0) is 15.4. The van der Waals surface area contributed by atoms with E-state index in [0.29, 0.717) is 27.8 Å². The lowest BCUT2D eigenvalue weighted by molar-refractivity contribution is 0.102. The maximum atomic E-state index is 12.3. The molecule has 0 fully saturated rings. The van der Waals surface area contributed by atoms with Crippen molar-refractivity contribution < 1.29 is 14.3 Å². The van der Waals surface area contributed by atoms with E-state index in [9.17, 15) is 4.79 Å². The standard InChI is InChI=1S/C16H16ClNO3/c1-10-4-5-11(8-15(10)21-3)16(19)18-13-9-12(17)6-7-14(13)20-2/h4-9H,1-3H3,(H,18,19). The Morgan fingerprint density at radius 3 is 2.43 bits per heavy atom. The lowest BCUT2D eigenvalue weighted by atomic mass is 10.1. The first-order chi connectivity index (χ1) is 10.0. The zero-order valence-corrected chi connectivity index (χ0v) is 12.8. The fraction of sp³-hybridized carbons (Fsp3) is 0.188. The average molecular weight is 306 g/mol. The summed E-state index contributed by atoms with van der Waals surface area (Å²) in [5, 5.41) is 3.31. The van der Waals surface area contributed by atoms with Crippen LogP contribution in [0.5, 0.6) is 11.5 Å². The van der Waals surface area contributed by atoms with Crippen LogP contribution in [0.3, 0.4) is 0 Å². The molecular formula is C16H16ClNO3. The minimum absolute atomic E-state index is 0.256. The Hall–Kier alpha value is -2.20. The summed E-state index contributed by atoms with van der Waals surface area (Å²) < 4.78 is 10.4. The van der Waals surface area contributed by atoms with E-state index in [4.69, 9.17) is 21.1 Å². The van der Waals surface area contributed by atoms with E-state index >= 15 is 0 Å². The molecule has 4 nitrogen and oxygen atoms in total. The average Bonchev–Trinajstić information content (AvgIpc) is 2.48. The number of carbonyl (C=O) groups is 1. The molecule has 2 rings (SSSR count). The second-order valence-corrected chi connectivity index (χ2v) is 4.92. The highest BCUT2D eigenvalue weighted by Crippen LogP contribution is 2.28. The van der Waals surface area contributed by atoms with Crippen LogP contribution in [0.2, 0.25) is 5.02 Å². The van der Waals surface area contributed by atoms with Gasteiger partial charge in [-0.25, -0.2) is 0 Å². The predicted octanol–water partition coefficient (Wildman–Crippen LogP) is 3.92. The SMILES string of the molecule is COc1cc(C(=O)Nc2cc(Cl)ccc2OC)ccc1C. The summed E-state index contributed by atoms with van der Waals surface area (Å²) in [5.74, 6) is 0.960. The van der Waals surface area contributed by atoms with Crippen LogP contribution in [0.15, 0.2) is 36.4 Å². The van der Waals surface area contributed by atoms with E-state index in [0.717, 1.165) is 5.56 Å². The van der Waals surface area contributed by atoms with Gasteiger partial charge in [0.05, 0.1) is 19.9 Å². The van der Waals surface area contributed by atoms with E-state index < -0.39 is 0 Å². The van der Waals surface area contributed by atoms with Crippen LogP contribution in [-0.2, 0) is 0 Å². The molecular weight excluding hydrogens is 290 g/mol. The molecule has 0 aliphatic heterocycles. The third-order valence-corrected chi connectivity index (χ3v) is 3.32. The highest BCUT2D eigenvalue weighted by molar-refractivity contribution is 6.31. The van der Waals surface area contributed by atoms with Crippen LogP contribution in [0.1, 0.15) is 15.9 Å². The molecule has 2 aromatic carbocycles. The number of hydrogen-bond acceptors (Lipinski definition) is 3. The first-order valence-corrected chi connectivity index (χ1v) is 6.72. The van der Waals surface area contributed by atoms with Crippen LogP contribution in [0, 0.1) is 6.92 Å². The topological polar surface area (TPSA) is 47.6 Å². The molecule has 0 saturated heterocycles. The lowest BCUT2D eigenvalue weighted by Gasteiger charge is -2.11. The number of ether oxygens (including phenoxy) is 2. The molecule has 0 aliphatic rings. The van der Waals surface area contributed by atoms with Crippen molar-refractivity contribution in [3.05, 3.63) is 52.5 Å². The monoisotopic (exact) mass is 305 g/mol. The first kappa shape index (κ1) is 15.2. The van der Waals surface area contributed by atoms with Crippen molar-refractivity contribution in [2.75, 3.05) is 19.5 Å². The summed E-state index contributed by atoms with van der Waals surface area (Å²) in [5.41, 5.74) is 1.99. The van der Waals surface area contributed by atoms with Gasteiger partial charge in [0.2, 0.25) is 0 Å². The number of anilines is 1. The summed E-state index contributed by atoms with van der Waals surface area (Å²) in [6.45, 7) is 1.92. The minimum Gasteiger partial charge on any atom is -0.496 e. The van der Waals surface area contributed by atoms with Gasteiger partial charge in [-0.2, -0.15) is 0 Å². The molecule has 21 heavy (non-hydrogen) atoms. The maximum absolute atomic E-state index is 12.3. The molecule has 5 heteroatoms. The second kappa shape index (κ2) is 6.50. The number of aryl methyl sites for hydroxylation is 1. The summed E-state index contributed by atoms with van der Waals surface area (Å²) >= 11 is 5.94. The van der Waals surface area contributed by atoms with E-state index in [1.165, 1.54) is 7.11 Å². The van der Waals surface area contributed by atoms with Crippen LogP contribution in [0.25, 0.3) is 0 Å². The van der Waals surface area contributed by atoms with Crippen LogP contribution < -0.4 is 14.8 Å². The Bertz CT molecular complexity index is 671. The van der Waals surface area contributed by atoms with Crippen molar-refractivity contribution in [3.8, 4) is 11.5 Å². The fourth-order valence-corrected chi connectivity index (χ4v) is 2.11. The third kappa shape index (κ3) is 3.47. The Balaban J connectivity index is 2.28. The number of nitrogens with one attached hydrogen (secondary N) is 1. The van der Waals surface area contributed by atoms with E-state index in [1.807, 2.05) is 13.0 Å². The molecule has 110 valence electrons. The smallest absolute Gasteiger partial charge is 0.255 e. The lowest BCUT2D eigenvalue weighted by Crippen LogP contribution is -2.13. The van der Waals surface area contributed by atoms with Crippen molar-refractivity contribution in [1.29, 1.82) is 0 Å². The number of amides is 1. The fourth-order valence-electron chi connectivity index (χ4n) is 1.93. The van der Waals surface area contributed by atoms with E-state index in [2.05, 4.69) is 5.32 Å². The Labute approximate surface area is 128 Å². The maximum Gasteiger partial charge on any atom is 0.255 e. The van der Waals surface area contributed by atoms with Gasteiger partial charge in [-0.15, -0.1) is 0 Å². The van der Waals surface area contributed by atoms with Crippen molar-refractivity contribution in [2.45, 2.75) is 6.92 Å². The zero-order valence-electron chi connectivity index (χ0n) is 12.1. The van der Waals surface area contributed by atoms with Gasteiger partial charge in [-0.05, 0) is 42.8 Å². The number of hydrogen-bond donors (Lipinski definition) is 1. The molecule has 0 bridgehead atoms. The van der Waals surface area contributed by atoms with Crippen molar-refractivity contribution in [2.24, 2.45) is 0 Å². The summed E-state index contributed by atoms with van der Waals surface area (Å²) in [4.78, 5) is 12.3. The second-order valence-electron chi connectivity index (χ2n) is 4.48. The Morgan fingerprint density at radius 1 is 1.05 bits per heavy atom. The molecule has 0 aromatic heterocycles. The summed E-state index contributed by atoms with van der Waals surface area (Å²) in [6.07, 6.45) is 0. The van der Waals surface area contributed by atoms with Gasteiger partial charge in [0, 0.05) is 10.6 Å². The molecule has 0 unspecified atom stereocenters. The van der Waals surface area contributed by atoms with E-state index in [1.54, 1.807) is 37.4 Å². The number of benzene rings is 2. The normalized spacial score (nSPS) is 10.1. The Kier molecular flexibility index (Phi) is 4.70. The van der Waals surface area contributed by atoms with Crippen LogP contribution in [0.4, 0.5) is 5.69 Å². The predicted molar refractivity (Wildman–Crippen MR) is 83.7 cm³/mol. The molecule has 0 aliphatic carbocycles. The van der Waals surface area contributed by atoms with Gasteiger partial charge < -0.3 is 14.8 Å². The Morgan fingerprint density at radius 2 is 1.76 bits per heavy atom. The van der Waals surface area contributed by atoms with Crippen LogP contribution >= 0.6 is 11.6 Å². The van der Waals surface area contributed by atoms with Crippen molar-refractivity contribution in [3.63, 3.8) is 0 Å². The highest BCUT2D eigenvalue weighted by atomic mass is 35.5. The number of carbonyl (C=O) groups excluding carboxylic acids is 1. The third-order valence-electron chi connectivity index (χ3n) is 3.08. The van der Waals surface area contributed by atoms with Gasteiger partial charge in [0.1, 0.15) is 11.5 Å². The molecule has 0 atom stereocenters. The number of halogens is 1. The summed E-state index contributed by atoms with van der Waals surface area (Å²) in [6, 6.07) is 10.3. The first-order valence-electron chi connectivity index (χ1n) is 6.34. The van der Waals surface area contributed by atoms with Gasteiger partial charge in [-0.1, -0.05) is 17.7 Å². The molecule has 1 N–H and O–H groups in total. The van der Waals surface area contributed by atoms with Crippen molar-refractivity contribution >= 4 is 23.2 Å². The summed E-state index contributed by atoms with van der Waals surface area (Å²) in [7, 11) is 3.11. The molecule has 1 amide bonds. The van der Waals surface area contributed by atoms with Gasteiger partial charge in [0.15, 0.2) is 0 Å². The molecule has 0 saturated carbocycles. The largest absolute Gasteiger partial charge is 0.496 e. The van der Waals surface area contributed by atoms with Gasteiger partial charge in [-0.3, -0.25) is 4.79 Å². The highest BCUT2D eigenvalue weighted by Gasteiger charge is 2.12. The van der Waals surface area contributed by atoms with Gasteiger partial charge in [0.25, 0.3) is 5.91 Å². The number of rotatable bonds is 4. The number of methoxy groups -OCH3 is 2. The quantitative estimate of drug-likeness (QED) is 0.931.